The molecule has 0 atom stereocenters. The van der Waals surface area contributed by atoms with Gasteiger partial charge >= 0.3 is 7.12 Å². The summed E-state index contributed by atoms with van der Waals surface area (Å²) in [6.45, 7) is 1.11. The summed E-state index contributed by atoms with van der Waals surface area (Å²) >= 11 is 0. The predicted molar refractivity (Wildman–Crippen MR) is 127 cm³/mol. The van der Waals surface area contributed by atoms with Gasteiger partial charge in [0.2, 0.25) is 0 Å². The van der Waals surface area contributed by atoms with Crippen molar-refractivity contribution in [2.75, 3.05) is 6.54 Å². The zero-order chi connectivity index (χ0) is 22.7. The molecule has 1 heterocycles. The molecular formula is C24H29BN4O3. The molecule has 0 spiro atoms. The van der Waals surface area contributed by atoms with Crippen LogP contribution in [0.25, 0.3) is 10.9 Å². The lowest BCUT2D eigenvalue weighted by Crippen LogP contribution is -2.32. The molecule has 2 aromatic carbocycles. The van der Waals surface area contributed by atoms with Crippen LogP contribution in [0.15, 0.2) is 48.5 Å². The second kappa shape index (κ2) is 9.59. The van der Waals surface area contributed by atoms with Crippen molar-refractivity contribution < 1.29 is 14.8 Å². The third kappa shape index (κ3) is 4.87. The highest BCUT2D eigenvalue weighted by molar-refractivity contribution is 6.58. The maximum atomic E-state index is 13.2. The van der Waals surface area contributed by atoms with Gasteiger partial charge in [0.25, 0.3) is 5.91 Å². The van der Waals surface area contributed by atoms with Gasteiger partial charge in [-0.1, -0.05) is 55.7 Å². The molecule has 0 aliphatic heterocycles. The minimum Gasteiger partial charge on any atom is -0.423 e. The van der Waals surface area contributed by atoms with Crippen LogP contribution in [0.3, 0.4) is 0 Å². The highest BCUT2D eigenvalue weighted by Crippen LogP contribution is 2.25. The van der Waals surface area contributed by atoms with Crippen molar-refractivity contribution in [3.8, 4) is 0 Å². The smallest absolute Gasteiger partial charge is 0.423 e. The van der Waals surface area contributed by atoms with E-state index in [4.69, 9.17) is 11.1 Å². The minimum absolute atomic E-state index is 0.0239. The van der Waals surface area contributed by atoms with Crippen molar-refractivity contribution in [3.05, 3.63) is 65.4 Å². The number of fused-ring (bicyclic) bond motifs is 1. The van der Waals surface area contributed by atoms with Gasteiger partial charge in [-0.05, 0) is 41.9 Å². The van der Waals surface area contributed by atoms with Crippen LogP contribution in [0.5, 0.6) is 0 Å². The van der Waals surface area contributed by atoms with Gasteiger partial charge in [0.05, 0.1) is 0 Å². The number of carbonyl (C=O) groups is 1. The van der Waals surface area contributed by atoms with E-state index in [-0.39, 0.29) is 11.7 Å². The Kier molecular flexibility index (Phi) is 6.62. The quantitative estimate of drug-likeness (QED) is 0.222. The highest BCUT2D eigenvalue weighted by atomic mass is 16.4. The van der Waals surface area contributed by atoms with Gasteiger partial charge < -0.3 is 25.7 Å². The van der Waals surface area contributed by atoms with E-state index in [0.29, 0.717) is 35.7 Å². The lowest BCUT2D eigenvalue weighted by Gasteiger charge is -2.22. The zero-order valence-corrected chi connectivity index (χ0v) is 18.1. The first kappa shape index (κ1) is 22.1. The first-order chi connectivity index (χ1) is 15.4. The van der Waals surface area contributed by atoms with E-state index in [9.17, 15) is 14.8 Å². The monoisotopic (exact) mass is 432 g/mol. The van der Waals surface area contributed by atoms with Crippen molar-refractivity contribution >= 4 is 35.2 Å². The third-order valence-electron chi connectivity index (χ3n) is 6.34. The summed E-state index contributed by atoms with van der Waals surface area (Å²) in [6.07, 6.45) is 6.06. The molecule has 0 bridgehead atoms. The number of benzene rings is 2. The van der Waals surface area contributed by atoms with Crippen molar-refractivity contribution in [1.29, 1.82) is 5.41 Å². The molecule has 6 N–H and O–H groups in total. The lowest BCUT2D eigenvalue weighted by atomic mass is 9.80. The van der Waals surface area contributed by atoms with E-state index in [1.165, 1.54) is 19.3 Å². The number of nitrogens with one attached hydrogen (secondary N) is 2. The van der Waals surface area contributed by atoms with Crippen LogP contribution in [0.4, 0.5) is 0 Å². The van der Waals surface area contributed by atoms with E-state index in [0.717, 1.165) is 29.3 Å². The topological polar surface area (TPSA) is 124 Å². The molecule has 8 heteroatoms. The fraction of sp³-hybridized carbons (Fsp3) is 0.333. The summed E-state index contributed by atoms with van der Waals surface area (Å²) in [7, 11) is -1.52. The summed E-state index contributed by atoms with van der Waals surface area (Å²) in [5.74, 6) is 0.398. The molecule has 1 aromatic heterocycles. The van der Waals surface area contributed by atoms with Crippen molar-refractivity contribution in [1.82, 2.24) is 9.88 Å². The fourth-order valence-electron chi connectivity index (χ4n) is 4.48. The Labute approximate surface area is 187 Å². The molecule has 3 aromatic rings. The zero-order valence-electron chi connectivity index (χ0n) is 18.1. The summed E-state index contributed by atoms with van der Waals surface area (Å²) in [4.78, 5) is 13.2. The molecule has 1 amide bonds. The molecule has 1 saturated carbocycles. The molecule has 1 aliphatic carbocycles. The first-order valence-electron chi connectivity index (χ1n) is 11.1. The van der Waals surface area contributed by atoms with Crippen LogP contribution in [0.1, 0.15) is 53.7 Å². The lowest BCUT2D eigenvalue weighted by molar-refractivity contribution is 0.0935. The van der Waals surface area contributed by atoms with E-state index in [1.54, 1.807) is 18.2 Å². The SMILES string of the molecule is N=C(N)c1ccc2cc(C(=O)NCC3CCCCC3)n(Cc3ccc(B(O)O)cc3)c2c1. The number of aromatic nitrogens is 1. The molecule has 1 aliphatic rings. The second-order valence-electron chi connectivity index (χ2n) is 8.63. The molecule has 0 radical (unpaired) electrons. The van der Waals surface area contributed by atoms with Gasteiger partial charge in [0.15, 0.2) is 0 Å². The Morgan fingerprint density at radius 1 is 1.09 bits per heavy atom. The number of nitrogens with zero attached hydrogens (tertiary/aromatic N) is 1. The van der Waals surface area contributed by atoms with E-state index in [2.05, 4.69) is 5.32 Å². The first-order valence-corrected chi connectivity index (χ1v) is 11.1. The summed E-state index contributed by atoms with van der Waals surface area (Å²) in [5.41, 5.74) is 9.01. The molecule has 4 rings (SSSR count). The number of nitrogen functional groups attached to an aromatic ring is 1. The Hall–Kier alpha value is -3.10. The average molecular weight is 432 g/mol. The minimum atomic E-state index is -1.52. The van der Waals surface area contributed by atoms with Gasteiger partial charge in [0, 0.05) is 29.6 Å². The average Bonchev–Trinajstić information content (AvgIpc) is 3.16. The molecule has 0 saturated heterocycles. The van der Waals surface area contributed by atoms with Gasteiger partial charge in [-0.3, -0.25) is 10.2 Å². The number of amidine groups is 1. The van der Waals surface area contributed by atoms with Crippen LogP contribution in [0, 0.1) is 11.3 Å². The van der Waals surface area contributed by atoms with Crippen LogP contribution < -0.4 is 16.5 Å². The van der Waals surface area contributed by atoms with Crippen LogP contribution in [-0.4, -0.2) is 40.0 Å². The number of hydrogen-bond acceptors (Lipinski definition) is 4. The number of hydrogen-bond donors (Lipinski definition) is 5. The third-order valence-corrected chi connectivity index (χ3v) is 6.34. The standard InChI is InChI=1S/C24H29BN4O3/c26-23(27)19-9-8-18-12-22(24(30)28-14-16-4-2-1-3-5-16)29(21(18)13-19)15-17-6-10-20(11-7-17)25(31)32/h6-13,16,31-32H,1-5,14-15H2,(H3,26,27)(H,28,30). The second-order valence-corrected chi connectivity index (χ2v) is 8.63. The van der Waals surface area contributed by atoms with Crippen LogP contribution >= 0.6 is 0 Å². The number of rotatable bonds is 7. The van der Waals surface area contributed by atoms with Gasteiger partial charge in [-0.25, -0.2) is 0 Å². The number of nitrogens with two attached hydrogens (primary N) is 1. The Morgan fingerprint density at radius 3 is 2.47 bits per heavy atom. The van der Waals surface area contributed by atoms with Crippen LogP contribution in [-0.2, 0) is 6.54 Å². The fourth-order valence-corrected chi connectivity index (χ4v) is 4.48. The Bertz CT molecular complexity index is 1120. The van der Waals surface area contributed by atoms with Gasteiger partial charge in [0.1, 0.15) is 11.5 Å². The van der Waals surface area contributed by atoms with Crippen molar-refractivity contribution in [2.24, 2.45) is 11.7 Å². The maximum Gasteiger partial charge on any atom is 0.488 e. The molecular weight excluding hydrogens is 403 g/mol. The van der Waals surface area contributed by atoms with E-state index >= 15 is 0 Å². The van der Waals surface area contributed by atoms with E-state index < -0.39 is 7.12 Å². The Morgan fingerprint density at radius 2 is 1.81 bits per heavy atom. The highest BCUT2D eigenvalue weighted by Gasteiger charge is 2.19. The predicted octanol–water partition coefficient (Wildman–Crippen LogP) is 1.96. The summed E-state index contributed by atoms with van der Waals surface area (Å²) < 4.78 is 1.93. The van der Waals surface area contributed by atoms with Gasteiger partial charge in [-0.15, -0.1) is 0 Å². The molecule has 32 heavy (non-hydrogen) atoms. The Balaban J connectivity index is 1.65. The van der Waals surface area contributed by atoms with Gasteiger partial charge in [-0.2, -0.15) is 0 Å². The molecule has 0 unspecified atom stereocenters. The number of amides is 1. The van der Waals surface area contributed by atoms with Crippen molar-refractivity contribution in [3.63, 3.8) is 0 Å². The summed E-state index contributed by atoms with van der Waals surface area (Å²) in [5, 5.41) is 30.5. The summed E-state index contributed by atoms with van der Waals surface area (Å²) in [6, 6.07) is 14.3. The molecule has 1 fully saturated rings. The van der Waals surface area contributed by atoms with Crippen molar-refractivity contribution in [2.45, 2.75) is 38.6 Å². The van der Waals surface area contributed by atoms with E-state index in [1.807, 2.05) is 34.9 Å². The normalized spacial score (nSPS) is 14.4. The molecule has 7 nitrogen and oxygen atoms in total. The number of carbonyl (C=O) groups excluding carboxylic acids is 1. The largest absolute Gasteiger partial charge is 0.488 e. The maximum absolute atomic E-state index is 13.2. The molecule has 166 valence electrons. The van der Waals surface area contributed by atoms with Crippen LogP contribution in [0.2, 0.25) is 0 Å².